The number of methoxy groups -OCH3 is 1. The quantitative estimate of drug-likeness (QED) is 0.734. The second-order valence-corrected chi connectivity index (χ2v) is 4.66. The Hall–Kier alpha value is -0.720. The lowest BCUT2D eigenvalue weighted by Crippen LogP contribution is -2.21. The molecule has 7 heteroatoms. The summed E-state index contributed by atoms with van der Waals surface area (Å²) in [5, 5.41) is 8.42. The van der Waals surface area contributed by atoms with Crippen molar-refractivity contribution >= 4 is 28.9 Å². The lowest BCUT2D eigenvalue weighted by Gasteiger charge is -2.13. The Balaban J connectivity index is 2.30. The molecule has 0 N–H and O–H groups in total. The summed E-state index contributed by atoms with van der Waals surface area (Å²) in [6, 6.07) is 0. The Labute approximate surface area is 97.0 Å². The van der Waals surface area contributed by atoms with Gasteiger partial charge in [-0.15, -0.1) is 10.2 Å². The molecule has 0 amide bonds. The van der Waals surface area contributed by atoms with Crippen LogP contribution in [0.15, 0.2) is 0 Å². The van der Waals surface area contributed by atoms with E-state index < -0.39 is 0 Å². The molecule has 0 atom stereocenters. The molecular formula is C8H12ClN3O2S. The molecule has 0 bridgehead atoms. The van der Waals surface area contributed by atoms with Crippen LogP contribution in [0.2, 0.25) is 4.47 Å². The molecule has 0 fully saturated rings. The predicted octanol–water partition coefficient (Wildman–Crippen LogP) is 1.19. The van der Waals surface area contributed by atoms with Crippen molar-refractivity contribution in [2.24, 2.45) is 0 Å². The first-order chi connectivity index (χ1) is 7.11. The summed E-state index contributed by atoms with van der Waals surface area (Å²) < 4.78 is 4.98. The van der Waals surface area contributed by atoms with Crippen LogP contribution in [0.1, 0.15) is 11.4 Å². The molecule has 0 aliphatic rings. The third kappa shape index (κ3) is 4.55. The van der Waals surface area contributed by atoms with E-state index in [1.54, 1.807) is 0 Å². The van der Waals surface area contributed by atoms with Crippen LogP contribution in [0.3, 0.4) is 0 Å². The van der Waals surface area contributed by atoms with Crippen molar-refractivity contribution < 1.29 is 9.53 Å². The Morgan fingerprint density at radius 2 is 2.33 bits per heavy atom. The van der Waals surface area contributed by atoms with Gasteiger partial charge >= 0.3 is 5.97 Å². The molecule has 1 aromatic heterocycles. The normalized spacial score (nSPS) is 10.7. The molecule has 0 radical (unpaired) electrons. The molecule has 1 aromatic rings. The van der Waals surface area contributed by atoms with Gasteiger partial charge in [-0.05, 0) is 18.6 Å². The van der Waals surface area contributed by atoms with Crippen LogP contribution in [0, 0.1) is 0 Å². The molecule has 84 valence electrons. The molecule has 0 spiro atoms. The predicted molar refractivity (Wildman–Crippen MR) is 57.9 cm³/mol. The molecule has 1 rings (SSSR count). The number of esters is 1. The monoisotopic (exact) mass is 249 g/mol. The van der Waals surface area contributed by atoms with E-state index in [0.717, 1.165) is 5.01 Å². The Morgan fingerprint density at radius 1 is 1.60 bits per heavy atom. The fourth-order valence-electron chi connectivity index (χ4n) is 0.991. The van der Waals surface area contributed by atoms with Crippen molar-refractivity contribution in [2.45, 2.75) is 13.0 Å². The van der Waals surface area contributed by atoms with Crippen molar-refractivity contribution in [1.29, 1.82) is 0 Å². The number of rotatable bonds is 5. The maximum absolute atomic E-state index is 10.9. The molecule has 5 nitrogen and oxygen atoms in total. The summed E-state index contributed by atoms with van der Waals surface area (Å²) in [4.78, 5) is 12.8. The molecule has 1 heterocycles. The molecular weight excluding hydrogens is 238 g/mol. The van der Waals surface area contributed by atoms with Gasteiger partial charge in [0.15, 0.2) is 0 Å². The highest BCUT2D eigenvalue weighted by molar-refractivity contribution is 7.15. The van der Waals surface area contributed by atoms with Crippen LogP contribution in [-0.2, 0) is 16.1 Å². The number of aromatic nitrogens is 2. The van der Waals surface area contributed by atoms with Gasteiger partial charge in [-0.2, -0.15) is 0 Å². The van der Waals surface area contributed by atoms with Crippen LogP contribution in [0.5, 0.6) is 0 Å². The number of hydrogen-bond acceptors (Lipinski definition) is 6. The second-order valence-electron chi connectivity index (χ2n) is 3.01. The van der Waals surface area contributed by atoms with E-state index in [1.807, 2.05) is 11.9 Å². The zero-order valence-corrected chi connectivity index (χ0v) is 10.1. The van der Waals surface area contributed by atoms with Crippen molar-refractivity contribution in [3.8, 4) is 0 Å². The highest BCUT2D eigenvalue weighted by Crippen LogP contribution is 2.15. The van der Waals surface area contributed by atoms with Crippen LogP contribution in [0.25, 0.3) is 0 Å². The smallest absolute Gasteiger partial charge is 0.306 e. The van der Waals surface area contributed by atoms with Gasteiger partial charge in [0.25, 0.3) is 0 Å². The molecule has 0 saturated carbocycles. The summed E-state index contributed by atoms with van der Waals surface area (Å²) in [6.45, 7) is 1.27. The third-order valence-corrected chi connectivity index (χ3v) is 2.78. The minimum absolute atomic E-state index is 0.211. The van der Waals surface area contributed by atoms with E-state index in [-0.39, 0.29) is 5.97 Å². The first kappa shape index (κ1) is 12.4. The molecule has 15 heavy (non-hydrogen) atoms. The van der Waals surface area contributed by atoms with E-state index in [2.05, 4.69) is 14.9 Å². The lowest BCUT2D eigenvalue weighted by molar-refractivity contribution is -0.140. The summed E-state index contributed by atoms with van der Waals surface area (Å²) in [6.07, 6.45) is 0.375. The second kappa shape index (κ2) is 5.99. The molecule has 0 aliphatic heterocycles. The Kier molecular flexibility index (Phi) is 4.93. The average Bonchev–Trinajstić information content (AvgIpc) is 2.60. The zero-order valence-electron chi connectivity index (χ0n) is 8.57. The van der Waals surface area contributed by atoms with Gasteiger partial charge in [-0.25, -0.2) is 0 Å². The largest absolute Gasteiger partial charge is 0.469 e. The zero-order chi connectivity index (χ0) is 11.3. The van der Waals surface area contributed by atoms with Gasteiger partial charge in [0.1, 0.15) is 5.01 Å². The van der Waals surface area contributed by atoms with Crippen molar-refractivity contribution in [3.63, 3.8) is 0 Å². The van der Waals surface area contributed by atoms with Crippen molar-refractivity contribution in [3.05, 3.63) is 9.47 Å². The minimum atomic E-state index is -0.211. The molecule has 0 unspecified atom stereocenters. The van der Waals surface area contributed by atoms with Crippen molar-refractivity contribution in [1.82, 2.24) is 15.1 Å². The average molecular weight is 250 g/mol. The van der Waals surface area contributed by atoms with Crippen LogP contribution < -0.4 is 0 Å². The van der Waals surface area contributed by atoms with Crippen LogP contribution in [-0.4, -0.2) is 41.8 Å². The van der Waals surface area contributed by atoms with Gasteiger partial charge in [-0.3, -0.25) is 9.69 Å². The highest BCUT2D eigenvalue weighted by atomic mass is 35.5. The van der Waals surface area contributed by atoms with Gasteiger partial charge in [0.05, 0.1) is 20.1 Å². The van der Waals surface area contributed by atoms with Gasteiger partial charge in [-0.1, -0.05) is 11.3 Å². The lowest BCUT2D eigenvalue weighted by atomic mass is 10.4. The summed E-state index contributed by atoms with van der Waals surface area (Å²) in [7, 11) is 3.28. The minimum Gasteiger partial charge on any atom is -0.469 e. The molecule has 0 aromatic carbocycles. The van der Waals surface area contributed by atoms with Crippen LogP contribution >= 0.6 is 22.9 Å². The maximum atomic E-state index is 10.9. The van der Waals surface area contributed by atoms with Gasteiger partial charge in [0, 0.05) is 6.54 Å². The summed E-state index contributed by atoms with van der Waals surface area (Å²) in [5.74, 6) is -0.211. The maximum Gasteiger partial charge on any atom is 0.306 e. The van der Waals surface area contributed by atoms with Gasteiger partial charge in [0.2, 0.25) is 4.47 Å². The summed E-state index contributed by atoms with van der Waals surface area (Å²) in [5.41, 5.74) is 0. The molecule has 0 aliphatic carbocycles. The van der Waals surface area contributed by atoms with Gasteiger partial charge < -0.3 is 4.74 Å². The van der Waals surface area contributed by atoms with Crippen molar-refractivity contribution in [2.75, 3.05) is 20.7 Å². The highest BCUT2D eigenvalue weighted by Gasteiger charge is 2.08. The Bertz CT molecular complexity index is 331. The fraction of sp³-hybridized carbons (Fsp3) is 0.625. The molecule has 0 saturated heterocycles. The SMILES string of the molecule is COC(=O)CCN(C)Cc1nnc(Cl)s1. The van der Waals surface area contributed by atoms with Crippen LogP contribution in [0.4, 0.5) is 0 Å². The summed E-state index contributed by atoms with van der Waals surface area (Å²) >= 11 is 6.99. The number of carbonyl (C=O) groups is 1. The fourth-order valence-corrected chi connectivity index (χ4v) is 1.94. The number of carbonyl (C=O) groups excluding carboxylic acids is 1. The standard InChI is InChI=1S/C8H12ClN3O2S/c1-12(4-3-7(13)14-2)5-6-10-11-8(9)15-6/h3-5H2,1-2H3. The number of ether oxygens (including phenoxy) is 1. The Morgan fingerprint density at radius 3 is 2.87 bits per heavy atom. The van der Waals surface area contributed by atoms with E-state index in [1.165, 1.54) is 18.4 Å². The first-order valence-corrected chi connectivity index (χ1v) is 5.54. The third-order valence-electron chi connectivity index (χ3n) is 1.77. The van der Waals surface area contributed by atoms with E-state index in [4.69, 9.17) is 11.6 Å². The first-order valence-electron chi connectivity index (χ1n) is 4.35. The van der Waals surface area contributed by atoms with E-state index in [9.17, 15) is 4.79 Å². The van der Waals surface area contributed by atoms with E-state index >= 15 is 0 Å². The topological polar surface area (TPSA) is 55.3 Å². The number of nitrogens with zero attached hydrogens (tertiary/aromatic N) is 3. The number of hydrogen-bond donors (Lipinski definition) is 0. The van der Waals surface area contributed by atoms with E-state index in [0.29, 0.717) is 24.0 Å². The number of halogens is 1.